The van der Waals surface area contributed by atoms with Crippen molar-refractivity contribution in [3.63, 3.8) is 0 Å². The molecule has 12 nitrogen and oxygen atoms in total. The SMILES string of the molecule is Nc1nc2c(cnn2CCc2ccc(OCCCCCC(=O)NO)cc2)c2nc(-c3ccco3)nn12. The number of fused-ring (bicyclic) bond motifs is 3. The molecular weight excluding hydrogens is 464 g/mol. The zero-order valence-electron chi connectivity index (χ0n) is 19.5. The minimum Gasteiger partial charge on any atom is -0.494 e. The van der Waals surface area contributed by atoms with Crippen LogP contribution in [0.5, 0.6) is 5.75 Å². The molecule has 0 unspecified atom stereocenters. The molecule has 4 heterocycles. The molecule has 1 aromatic carbocycles. The second-order valence-corrected chi connectivity index (χ2v) is 8.31. The Morgan fingerprint density at radius 1 is 1.11 bits per heavy atom. The summed E-state index contributed by atoms with van der Waals surface area (Å²) in [7, 11) is 0. The van der Waals surface area contributed by atoms with Gasteiger partial charge in [-0.1, -0.05) is 12.1 Å². The number of amides is 1. The first kappa shape index (κ1) is 23.3. The summed E-state index contributed by atoms with van der Waals surface area (Å²) >= 11 is 0. The van der Waals surface area contributed by atoms with Gasteiger partial charge in [0.05, 0.1) is 24.5 Å². The number of nitrogens with one attached hydrogen (secondary N) is 1. The highest BCUT2D eigenvalue weighted by Crippen LogP contribution is 2.24. The quantitative estimate of drug-likeness (QED) is 0.144. The number of ether oxygens (including phenoxy) is 1. The molecule has 0 spiro atoms. The number of furan rings is 1. The van der Waals surface area contributed by atoms with Gasteiger partial charge in [0.1, 0.15) is 5.75 Å². The number of carbonyl (C=O) groups excluding carboxylic acids is 1. The first-order valence-corrected chi connectivity index (χ1v) is 11.7. The van der Waals surface area contributed by atoms with Crippen molar-refractivity contribution in [3.05, 3.63) is 54.4 Å². The number of unbranched alkanes of at least 4 members (excludes halogenated alkanes) is 2. The zero-order valence-corrected chi connectivity index (χ0v) is 19.5. The standard InChI is InChI=1S/C24H26N8O4/c25-24-28-22-18(23-27-21(29-32(23)24)19-5-4-14-36-19)15-26-31(22)12-11-16-7-9-17(10-8-16)35-13-3-1-2-6-20(33)30-34/h4-5,7-10,14-15,34H,1-3,6,11-13H2,(H2,25,28)(H,30,33). The second kappa shape index (κ2) is 10.4. The number of carbonyl (C=O) groups is 1. The third-order valence-electron chi connectivity index (χ3n) is 5.82. The highest BCUT2D eigenvalue weighted by Gasteiger charge is 2.17. The Balaban J connectivity index is 1.19. The van der Waals surface area contributed by atoms with Gasteiger partial charge in [0.15, 0.2) is 17.1 Å². The lowest BCUT2D eigenvalue weighted by Crippen LogP contribution is -2.17. The maximum atomic E-state index is 11.0. The molecule has 0 aliphatic heterocycles. The predicted octanol–water partition coefficient (Wildman–Crippen LogP) is 3.00. The van der Waals surface area contributed by atoms with E-state index in [2.05, 4.69) is 20.2 Å². The van der Waals surface area contributed by atoms with Crippen molar-refractivity contribution in [2.75, 3.05) is 12.3 Å². The molecule has 0 radical (unpaired) electrons. The summed E-state index contributed by atoms with van der Waals surface area (Å²) in [5, 5.41) is 18.2. The number of nitrogens with zero attached hydrogens (tertiary/aromatic N) is 6. The molecule has 5 aromatic rings. The predicted molar refractivity (Wildman–Crippen MR) is 130 cm³/mol. The highest BCUT2D eigenvalue weighted by atomic mass is 16.5. The Morgan fingerprint density at radius 2 is 1.97 bits per heavy atom. The average molecular weight is 491 g/mol. The van der Waals surface area contributed by atoms with Crippen molar-refractivity contribution in [3.8, 4) is 17.3 Å². The molecule has 36 heavy (non-hydrogen) atoms. The van der Waals surface area contributed by atoms with Crippen molar-refractivity contribution >= 4 is 28.5 Å². The second-order valence-electron chi connectivity index (χ2n) is 8.31. The Bertz CT molecular complexity index is 1460. The van der Waals surface area contributed by atoms with E-state index < -0.39 is 0 Å². The molecule has 12 heteroatoms. The molecule has 4 N–H and O–H groups in total. The van der Waals surface area contributed by atoms with Crippen LogP contribution in [0.4, 0.5) is 5.95 Å². The van der Waals surface area contributed by atoms with Crippen molar-refractivity contribution in [1.29, 1.82) is 0 Å². The van der Waals surface area contributed by atoms with Crippen LogP contribution in [-0.4, -0.2) is 47.1 Å². The molecule has 0 saturated heterocycles. The Morgan fingerprint density at radius 3 is 2.75 bits per heavy atom. The van der Waals surface area contributed by atoms with Crippen LogP contribution in [0.3, 0.4) is 0 Å². The lowest BCUT2D eigenvalue weighted by Gasteiger charge is -2.08. The fourth-order valence-corrected chi connectivity index (χ4v) is 3.93. The van der Waals surface area contributed by atoms with E-state index in [0.29, 0.717) is 48.9 Å². The van der Waals surface area contributed by atoms with Crippen molar-refractivity contribution < 1.29 is 19.2 Å². The summed E-state index contributed by atoms with van der Waals surface area (Å²) in [5.74, 6) is 1.65. The topological polar surface area (TPSA) is 159 Å². The number of nitrogens with two attached hydrogens (primary N) is 1. The molecule has 0 atom stereocenters. The van der Waals surface area contributed by atoms with Crippen LogP contribution < -0.4 is 16.0 Å². The fourth-order valence-electron chi connectivity index (χ4n) is 3.93. The first-order chi connectivity index (χ1) is 17.6. The van der Waals surface area contributed by atoms with Crippen LogP contribution in [0, 0.1) is 0 Å². The summed E-state index contributed by atoms with van der Waals surface area (Å²) in [6.07, 6.45) is 6.77. The van der Waals surface area contributed by atoms with E-state index in [1.54, 1.807) is 30.1 Å². The van der Waals surface area contributed by atoms with Gasteiger partial charge in [0.25, 0.3) is 0 Å². The van der Waals surface area contributed by atoms with Crippen LogP contribution in [0.25, 0.3) is 28.3 Å². The van der Waals surface area contributed by atoms with E-state index in [-0.39, 0.29) is 11.9 Å². The molecule has 0 saturated carbocycles. The molecule has 0 aliphatic rings. The maximum Gasteiger partial charge on any atom is 0.243 e. The normalized spacial score (nSPS) is 11.4. The van der Waals surface area contributed by atoms with Crippen LogP contribution >= 0.6 is 0 Å². The monoisotopic (exact) mass is 490 g/mol. The smallest absolute Gasteiger partial charge is 0.243 e. The van der Waals surface area contributed by atoms with Gasteiger partial charge in [-0.3, -0.25) is 10.0 Å². The largest absolute Gasteiger partial charge is 0.494 e. The van der Waals surface area contributed by atoms with Crippen molar-refractivity contribution in [2.24, 2.45) is 0 Å². The molecule has 1 amide bonds. The number of anilines is 1. The Labute approximate surface area is 205 Å². The number of hydrogen-bond donors (Lipinski definition) is 3. The lowest BCUT2D eigenvalue weighted by molar-refractivity contribution is -0.129. The number of benzene rings is 1. The van der Waals surface area contributed by atoms with Gasteiger partial charge in [0.2, 0.25) is 17.7 Å². The van der Waals surface area contributed by atoms with Crippen LogP contribution in [0.15, 0.2) is 53.3 Å². The summed E-state index contributed by atoms with van der Waals surface area (Å²) in [4.78, 5) is 20.1. The highest BCUT2D eigenvalue weighted by molar-refractivity contribution is 5.90. The minimum absolute atomic E-state index is 0.225. The lowest BCUT2D eigenvalue weighted by atomic mass is 10.1. The maximum absolute atomic E-state index is 11.0. The van der Waals surface area contributed by atoms with E-state index in [1.165, 1.54) is 4.52 Å². The van der Waals surface area contributed by atoms with E-state index in [0.717, 1.165) is 36.0 Å². The number of aromatic nitrogens is 6. The third-order valence-corrected chi connectivity index (χ3v) is 5.82. The summed E-state index contributed by atoms with van der Waals surface area (Å²) < 4.78 is 14.5. The van der Waals surface area contributed by atoms with Crippen LogP contribution in [0.2, 0.25) is 0 Å². The Kier molecular flexibility index (Phi) is 6.76. The van der Waals surface area contributed by atoms with E-state index in [1.807, 2.05) is 28.9 Å². The van der Waals surface area contributed by atoms with E-state index in [4.69, 9.17) is 20.1 Å². The number of hydroxylamine groups is 1. The van der Waals surface area contributed by atoms with Gasteiger partial charge in [0, 0.05) is 13.0 Å². The van der Waals surface area contributed by atoms with Gasteiger partial charge in [-0.05, 0) is 55.5 Å². The summed E-state index contributed by atoms with van der Waals surface area (Å²) in [6.45, 7) is 1.19. The number of rotatable bonds is 11. The van der Waals surface area contributed by atoms with Gasteiger partial charge >= 0.3 is 0 Å². The summed E-state index contributed by atoms with van der Waals surface area (Å²) in [5.41, 5.74) is 10.2. The molecule has 5 rings (SSSR count). The zero-order chi connectivity index (χ0) is 24.9. The molecule has 0 aliphatic carbocycles. The van der Waals surface area contributed by atoms with E-state index >= 15 is 0 Å². The van der Waals surface area contributed by atoms with E-state index in [9.17, 15) is 4.79 Å². The molecule has 4 aromatic heterocycles. The van der Waals surface area contributed by atoms with Crippen LogP contribution in [-0.2, 0) is 17.8 Å². The number of aryl methyl sites for hydroxylation is 2. The van der Waals surface area contributed by atoms with Gasteiger partial charge in [-0.15, -0.1) is 5.10 Å². The van der Waals surface area contributed by atoms with Crippen LogP contribution in [0.1, 0.15) is 31.2 Å². The first-order valence-electron chi connectivity index (χ1n) is 11.7. The Hall–Kier alpha value is -4.45. The minimum atomic E-state index is -0.361. The molecule has 186 valence electrons. The average Bonchev–Trinajstić information content (AvgIpc) is 3.65. The number of hydrogen-bond acceptors (Lipinski definition) is 9. The third kappa shape index (κ3) is 4.98. The van der Waals surface area contributed by atoms with Gasteiger partial charge < -0.3 is 14.9 Å². The van der Waals surface area contributed by atoms with Crippen molar-refractivity contribution in [1.82, 2.24) is 34.8 Å². The molecule has 0 bridgehead atoms. The summed E-state index contributed by atoms with van der Waals surface area (Å²) in [6, 6.07) is 11.5. The molecular formula is C24H26N8O4. The fraction of sp³-hybridized carbons (Fsp3) is 0.292. The number of nitrogen functional groups attached to an aromatic ring is 1. The van der Waals surface area contributed by atoms with Gasteiger partial charge in [-0.25, -0.2) is 15.1 Å². The van der Waals surface area contributed by atoms with Crippen molar-refractivity contribution in [2.45, 2.75) is 38.6 Å². The molecule has 0 fully saturated rings. The van der Waals surface area contributed by atoms with Gasteiger partial charge in [-0.2, -0.15) is 14.6 Å².